The van der Waals surface area contributed by atoms with Gasteiger partial charge in [0.2, 0.25) is 0 Å². The molecule has 1 aliphatic rings. The van der Waals surface area contributed by atoms with Crippen molar-refractivity contribution in [1.29, 1.82) is 0 Å². The normalized spacial score (nSPS) is 21.1. The van der Waals surface area contributed by atoms with Crippen LogP contribution in [0.5, 0.6) is 0 Å². The molecule has 1 fully saturated rings. The topological polar surface area (TPSA) is 46.5 Å². The van der Waals surface area contributed by atoms with Crippen LogP contribution in [0.25, 0.3) is 0 Å². The smallest absolute Gasteiger partial charge is 0.338 e. The van der Waals surface area contributed by atoms with E-state index in [1.807, 2.05) is 6.07 Å². The lowest BCUT2D eigenvalue weighted by Gasteiger charge is -2.26. The molecule has 17 heavy (non-hydrogen) atoms. The number of hydrogen-bond donors (Lipinski definition) is 1. The molecule has 0 aromatic heterocycles. The van der Waals surface area contributed by atoms with Crippen LogP contribution in [0, 0.1) is 5.92 Å². The van der Waals surface area contributed by atoms with Gasteiger partial charge >= 0.3 is 5.97 Å². The molecule has 3 nitrogen and oxygen atoms in total. The summed E-state index contributed by atoms with van der Waals surface area (Å²) in [5.74, 6) is 0.622. The Balaban J connectivity index is 1.84. The first-order chi connectivity index (χ1) is 8.27. The van der Waals surface area contributed by atoms with Crippen molar-refractivity contribution in [1.82, 2.24) is 0 Å². The van der Waals surface area contributed by atoms with Gasteiger partial charge in [-0.25, -0.2) is 4.79 Å². The second kappa shape index (κ2) is 5.82. The molecule has 1 aromatic carbocycles. The van der Waals surface area contributed by atoms with Gasteiger partial charge in [-0.2, -0.15) is 0 Å². The van der Waals surface area contributed by atoms with Gasteiger partial charge in [0.1, 0.15) is 6.61 Å². The minimum Gasteiger partial charge on any atom is -0.461 e. The molecule has 0 spiro atoms. The summed E-state index contributed by atoms with van der Waals surface area (Å²) < 4.78 is 5.20. The number of aliphatic hydroxyl groups excluding tert-OH is 1. The third-order valence-corrected chi connectivity index (χ3v) is 3.09. The minimum atomic E-state index is -0.396. The second-order valence-corrected chi connectivity index (χ2v) is 4.36. The fourth-order valence-electron chi connectivity index (χ4n) is 2.04. The highest BCUT2D eigenvalue weighted by atomic mass is 16.5. The van der Waals surface area contributed by atoms with Crippen molar-refractivity contribution in [3.8, 4) is 0 Å². The van der Waals surface area contributed by atoms with E-state index in [4.69, 9.17) is 4.74 Å². The predicted molar refractivity (Wildman–Crippen MR) is 64.4 cm³/mol. The first-order valence-corrected chi connectivity index (χ1v) is 6.02. The predicted octanol–water partition coefficient (Wildman–Crippen LogP) is 2.35. The van der Waals surface area contributed by atoms with Crippen molar-refractivity contribution in [3.05, 3.63) is 41.8 Å². The summed E-state index contributed by atoms with van der Waals surface area (Å²) in [5, 5.41) is 9.72. The SMILES string of the molecule is O=C(OC[C]1CCCCC1O)c1ccccc1. The third kappa shape index (κ3) is 3.30. The van der Waals surface area contributed by atoms with Gasteiger partial charge in [0.15, 0.2) is 0 Å². The largest absolute Gasteiger partial charge is 0.461 e. The van der Waals surface area contributed by atoms with Crippen LogP contribution < -0.4 is 0 Å². The van der Waals surface area contributed by atoms with Crippen LogP contribution in [0.2, 0.25) is 0 Å². The van der Waals surface area contributed by atoms with Gasteiger partial charge in [0.05, 0.1) is 11.7 Å². The Bertz CT molecular complexity index is 361. The van der Waals surface area contributed by atoms with Crippen molar-refractivity contribution in [2.24, 2.45) is 0 Å². The monoisotopic (exact) mass is 233 g/mol. The molecule has 1 aromatic rings. The number of carbonyl (C=O) groups excluding carboxylic acids is 1. The standard InChI is InChI=1S/C14H17O3/c15-13-9-5-4-8-12(13)10-17-14(16)11-6-2-1-3-7-11/h1-3,6-7,13,15H,4-5,8-10H2. The summed E-state index contributed by atoms with van der Waals surface area (Å²) in [7, 11) is 0. The Morgan fingerprint density at radius 2 is 2.06 bits per heavy atom. The molecule has 1 aliphatic carbocycles. The molecule has 1 atom stereocenters. The molecule has 0 bridgehead atoms. The van der Waals surface area contributed by atoms with Crippen LogP contribution in [-0.2, 0) is 4.74 Å². The van der Waals surface area contributed by atoms with E-state index in [1.54, 1.807) is 24.3 Å². The van der Waals surface area contributed by atoms with E-state index in [2.05, 4.69) is 0 Å². The highest BCUT2D eigenvalue weighted by Crippen LogP contribution is 2.26. The van der Waals surface area contributed by atoms with Gasteiger partial charge in [-0.15, -0.1) is 0 Å². The van der Waals surface area contributed by atoms with Gasteiger partial charge in [-0.3, -0.25) is 0 Å². The van der Waals surface area contributed by atoms with Gasteiger partial charge in [0, 0.05) is 5.92 Å². The van der Waals surface area contributed by atoms with Gasteiger partial charge < -0.3 is 9.84 Å². The van der Waals surface area contributed by atoms with Crippen molar-refractivity contribution in [2.75, 3.05) is 6.61 Å². The summed E-state index contributed by atoms with van der Waals surface area (Å²) in [6.45, 7) is 0.245. The molecular weight excluding hydrogens is 216 g/mol. The first-order valence-electron chi connectivity index (χ1n) is 6.02. The third-order valence-electron chi connectivity index (χ3n) is 3.09. The molecule has 0 heterocycles. The molecule has 0 saturated heterocycles. The average Bonchev–Trinajstić information content (AvgIpc) is 2.38. The van der Waals surface area contributed by atoms with E-state index < -0.39 is 6.10 Å². The second-order valence-electron chi connectivity index (χ2n) is 4.36. The maximum Gasteiger partial charge on any atom is 0.338 e. The number of rotatable bonds is 3. The highest BCUT2D eigenvalue weighted by molar-refractivity contribution is 5.89. The number of aliphatic hydroxyl groups is 1. The lowest BCUT2D eigenvalue weighted by Crippen LogP contribution is -2.27. The summed E-state index contributed by atoms with van der Waals surface area (Å²) in [5.41, 5.74) is 0.554. The maximum atomic E-state index is 11.7. The Morgan fingerprint density at radius 3 is 2.76 bits per heavy atom. The molecule has 1 unspecified atom stereocenters. The minimum absolute atomic E-state index is 0.245. The number of benzene rings is 1. The van der Waals surface area contributed by atoms with E-state index in [0.717, 1.165) is 31.6 Å². The number of esters is 1. The van der Waals surface area contributed by atoms with Crippen molar-refractivity contribution in [2.45, 2.75) is 31.8 Å². The van der Waals surface area contributed by atoms with Crippen LogP contribution in [0.15, 0.2) is 30.3 Å². The van der Waals surface area contributed by atoms with E-state index >= 15 is 0 Å². The Labute approximate surface area is 101 Å². The highest BCUT2D eigenvalue weighted by Gasteiger charge is 2.25. The number of hydrogen-bond acceptors (Lipinski definition) is 3. The van der Waals surface area contributed by atoms with E-state index in [1.165, 1.54) is 0 Å². The van der Waals surface area contributed by atoms with E-state index in [-0.39, 0.29) is 12.6 Å². The Hall–Kier alpha value is -1.35. The summed E-state index contributed by atoms with van der Waals surface area (Å²) in [6, 6.07) is 8.92. The van der Waals surface area contributed by atoms with Crippen molar-refractivity contribution >= 4 is 5.97 Å². The summed E-state index contributed by atoms with van der Waals surface area (Å²) in [4.78, 5) is 11.7. The Kier molecular flexibility index (Phi) is 4.15. The van der Waals surface area contributed by atoms with Gasteiger partial charge in [-0.1, -0.05) is 31.0 Å². The fourth-order valence-corrected chi connectivity index (χ4v) is 2.04. The number of carbonyl (C=O) groups is 1. The van der Waals surface area contributed by atoms with Crippen molar-refractivity contribution in [3.63, 3.8) is 0 Å². The lowest BCUT2D eigenvalue weighted by atomic mass is 9.87. The number of ether oxygens (including phenoxy) is 1. The lowest BCUT2D eigenvalue weighted by molar-refractivity contribution is 0.0442. The zero-order valence-corrected chi connectivity index (χ0v) is 9.76. The zero-order valence-electron chi connectivity index (χ0n) is 9.76. The summed E-state index contributed by atoms with van der Waals surface area (Å²) in [6.07, 6.45) is 3.39. The van der Waals surface area contributed by atoms with Gasteiger partial charge in [0.25, 0.3) is 0 Å². The van der Waals surface area contributed by atoms with E-state index in [0.29, 0.717) is 5.56 Å². The Morgan fingerprint density at radius 1 is 1.29 bits per heavy atom. The van der Waals surface area contributed by atoms with Crippen LogP contribution >= 0.6 is 0 Å². The molecule has 1 saturated carbocycles. The molecule has 0 amide bonds. The molecule has 1 N–H and O–H groups in total. The molecule has 2 rings (SSSR count). The fraction of sp³-hybridized carbons (Fsp3) is 0.429. The first kappa shape index (κ1) is 12.1. The molecule has 1 radical (unpaired) electrons. The van der Waals surface area contributed by atoms with Crippen LogP contribution in [-0.4, -0.2) is 23.8 Å². The van der Waals surface area contributed by atoms with Gasteiger partial charge in [-0.05, 0) is 25.0 Å². The summed E-state index contributed by atoms with van der Waals surface area (Å²) >= 11 is 0. The molecular formula is C14H17O3. The van der Waals surface area contributed by atoms with Crippen molar-refractivity contribution < 1.29 is 14.6 Å². The maximum absolute atomic E-state index is 11.7. The van der Waals surface area contributed by atoms with Crippen LogP contribution in [0.3, 0.4) is 0 Å². The van der Waals surface area contributed by atoms with E-state index in [9.17, 15) is 9.90 Å². The average molecular weight is 233 g/mol. The molecule has 3 heteroatoms. The molecule has 0 aliphatic heterocycles. The molecule has 91 valence electrons. The quantitative estimate of drug-likeness (QED) is 0.815. The zero-order chi connectivity index (χ0) is 12.1. The van der Waals surface area contributed by atoms with Crippen LogP contribution in [0.4, 0.5) is 0 Å². The van der Waals surface area contributed by atoms with Crippen LogP contribution in [0.1, 0.15) is 36.0 Å².